The van der Waals surface area contributed by atoms with Gasteiger partial charge in [-0.3, -0.25) is 14.4 Å². The maximum Gasteiger partial charge on any atom is 0.416 e. The molecule has 0 unspecified atom stereocenters. The summed E-state index contributed by atoms with van der Waals surface area (Å²) < 4.78 is 86.4. The van der Waals surface area contributed by atoms with Gasteiger partial charge in [-0.2, -0.15) is 26.3 Å². The fourth-order valence-corrected chi connectivity index (χ4v) is 3.54. The van der Waals surface area contributed by atoms with Crippen LogP contribution in [0.1, 0.15) is 51.3 Å². The maximum atomic E-state index is 13.3. The molecule has 1 aromatic heterocycles. The molecule has 1 amide bonds. The molecule has 0 aliphatic carbocycles. The van der Waals surface area contributed by atoms with Gasteiger partial charge in [-0.1, -0.05) is 30.3 Å². The van der Waals surface area contributed by atoms with Gasteiger partial charge >= 0.3 is 18.3 Å². The van der Waals surface area contributed by atoms with Crippen molar-refractivity contribution in [3.63, 3.8) is 0 Å². The molecule has 36 heavy (non-hydrogen) atoms. The highest BCUT2D eigenvalue weighted by molar-refractivity contribution is 5.92. The standard InChI is InChI=1S/C24H18F6N2O4/c1-13(33)36-21(15-5-3-2-4-6-15)19-10-20(34)18(22(31)35)12-32(19)11-14-7-16(23(25,26)27)9-17(8-14)24(28,29)30/h2-10,12,21H,11H2,1H3,(H2,31,35)/t21-/m0/s1. The molecule has 6 nitrogen and oxygen atoms in total. The fraction of sp³-hybridized carbons (Fsp3) is 0.208. The van der Waals surface area contributed by atoms with Crippen LogP contribution in [0, 0.1) is 0 Å². The van der Waals surface area contributed by atoms with Crippen molar-refractivity contribution in [2.75, 3.05) is 0 Å². The van der Waals surface area contributed by atoms with E-state index in [1.807, 2.05) is 0 Å². The quantitative estimate of drug-likeness (QED) is 0.384. The van der Waals surface area contributed by atoms with Gasteiger partial charge in [0.2, 0.25) is 0 Å². The molecular weight excluding hydrogens is 494 g/mol. The second kappa shape index (κ2) is 9.88. The molecule has 0 aliphatic rings. The van der Waals surface area contributed by atoms with Crippen LogP contribution < -0.4 is 11.2 Å². The van der Waals surface area contributed by atoms with E-state index in [0.717, 1.165) is 23.8 Å². The first-order valence-corrected chi connectivity index (χ1v) is 10.2. The van der Waals surface area contributed by atoms with Crippen molar-refractivity contribution in [1.82, 2.24) is 4.57 Å². The van der Waals surface area contributed by atoms with Gasteiger partial charge in [-0.25, -0.2) is 0 Å². The van der Waals surface area contributed by atoms with Crippen LogP contribution in [0.25, 0.3) is 0 Å². The normalized spacial score (nSPS) is 12.8. The van der Waals surface area contributed by atoms with E-state index in [1.54, 1.807) is 18.2 Å². The van der Waals surface area contributed by atoms with Crippen molar-refractivity contribution >= 4 is 11.9 Å². The van der Waals surface area contributed by atoms with Crippen LogP contribution in [0.5, 0.6) is 0 Å². The number of hydrogen-bond donors (Lipinski definition) is 1. The first-order valence-electron chi connectivity index (χ1n) is 10.2. The third kappa shape index (κ3) is 6.12. The zero-order valence-corrected chi connectivity index (χ0v) is 18.5. The van der Waals surface area contributed by atoms with E-state index in [9.17, 15) is 40.7 Å². The number of carbonyl (C=O) groups is 2. The summed E-state index contributed by atoms with van der Waals surface area (Å²) in [5.74, 6) is -1.94. The molecule has 0 bridgehead atoms. The molecule has 12 heteroatoms. The highest BCUT2D eigenvalue weighted by Crippen LogP contribution is 2.37. The molecule has 190 valence electrons. The number of halogens is 6. The molecule has 0 saturated heterocycles. The average Bonchev–Trinajstić information content (AvgIpc) is 2.77. The number of nitrogens with zero attached hydrogens (tertiary/aromatic N) is 1. The molecule has 0 aliphatic heterocycles. The Morgan fingerprint density at radius 3 is 1.97 bits per heavy atom. The summed E-state index contributed by atoms with van der Waals surface area (Å²) in [6, 6.07) is 9.83. The summed E-state index contributed by atoms with van der Waals surface area (Å²) in [6.45, 7) is 0.437. The average molecular weight is 512 g/mol. The number of hydrogen-bond acceptors (Lipinski definition) is 4. The van der Waals surface area contributed by atoms with Crippen molar-refractivity contribution in [2.24, 2.45) is 5.73 Å². The Labute approximate surface area is 199 Å². The van der Waals surface area contributed by atoms with Gasteiger partial charge in [0.1, 0.15) is 5.56 Å². The SMILES string of the molecule is CC(=O)O[C@@H](c1ccccc1)c1cc(=O)c(C(N)=O)cn1Cc1cc(C(F)(F)F)cc(C(F)(F)F)c1. The number of aromatic nitrogens is 1. The van der Waals surface area contributed by atoms with Gasteiger partial charge in [0.15, 0.2) is 11.5 Å². The third-order valence-electron chi connectivity index (χ3n) is 5.08. The van der Waals surface area contributed by atoms with E-state index in [4.69, 9.17) is 10.5 Å². The second-order valence-electron chi connectivity index (χ2n) is 7.78. The van der Waals surface area contributed by atoms with Gasteiger partial charge in [-0.05, 0) is 29.3 Å². The lowest BCUT2D eigenvalue weighted by molar-refractivity contribution is -0.145. The maximum absolute atomic E-state index is 13.3. The Morgan fingerprint density at radius 2 is 1.50 bits per heavy atom. The Kier molecular flexibility index (Phi) is 7.27. The van der Waals surface area contributed by atoms with Gasteiger partial charge in [-0.15, -0.1) is 0 Å². The van der Waals surface area contributed by atoms with Crippen LogP contribution in [0.3, 0.4) is 0 Å². The number of carbonyl (C=O) groups excluding carboxylic acids is 2. The Bertz CT molecular complexity index is 1320. The number of nitrogens with two attached hydrogens (primary N) is 1. The summed E-state index contributed by atoms with van der Waals surface area (Å²) >= 11 is 0. The number of rotatable bonds is 6. The number of benzene rings is 2. The van der Waals surface area contributed by atoms with E-state index in [2.05, 4.69) is 0 Å². The lowest BCUT2D eigenvalue weighted by atomic mass is 10.0. The molecule has 3 rings (SSSR count). The molecule has 0 spiro atoms. The Balaban J connectivity index is 2.26. The highest BCUT2D eigenvalue weighted by Gasteiger charge is 2.37. The zero-order valence-electron chi connectivity index (χ0n) is 18.5. The largest absolute Gasteiger partial charge is 0.451 e. The zero-order chi connectivity index (χ0) is 26.8. The number of ether oxygens (including phenoxy) is 1. The summed E-state index contributed by atoms with van der Waals surface area (Å²) in [6.07, 6.45) is -10.5. The minimum absolute atomic E-state index is 0.0176. The van der Waals surface area contributed by atoms with E-state index < -0.39 is 64.6 Å². The summed E-state index contributed by atoms with van der Waals surface area (Å²) in [7, 11) is 0. The molecule has 2 aromatic carbocycles. The van der Waals surface area contributed by atoms with Crippen LogP contribution in [0.4, 0.5) is 26.3 Å². The van der Waals surface area contributed by atoms with E-state index in [1.165, 1.54) is 12.1 Å². The Hall–Kier alpha value is -4.09. The number of primary amides is 1. The first kappa shape index (κ1) is 26.5. The minimum atomic E-state index is -5.08. The number of esters is 1. The van der Waals surface area contributed by atoms with Crippen molar-refractivity contribution in [2.45, 2.75) is 31.9 Å². The van der Waals surface area contributed by atoms with Gasteiger partial charge in [0.05, 0.1) is 16.8 Å². The Morgan fingerprint density at radius 1 is 0.944 bits per heavy atom. The third-order valence-corrected chi connectivity index (χ3v) is 5.08. The van der Waals surface area contributed by atoms with Gasteiger partial charge in [0, 0.05) is 25.7 Å². The van der Waals surface area contributed by atoms with Crippen molar-refractivity contribution in [3.05, 3.63) is 105 Å². The minimum Gasteiger partial charge on any atom is -0.451 e. The summed E-state index contributed by atoms with van der Waals surface area (Å²) in [5.41, 5.74) is 0.532. The monoisotopic (exact) mass is 512 g/mol. The molecule has 0 fully saturated rings. The molecule has 1 atom stereocenters. The predicted molar refractivity (Wildman–Crippen MR) is 115 cm³/mol. The number of alkyl halides is 6. The molecule has 1 heterocycles. The van der Waals surface area contributed by atoms with E-state index in [0.29, 0.717) is 17.7 Å². The molecule has 3 aromatic rings. The lowest BCUT2D eigenvalue weighted by Crippen LogP contribution is -2.27. The lowest BCUT2D eigenvalue weighted by Gasteiger charge is -2.23. The molecule has 0 radical (unpaired) electrons. The number of amides is 1. The summed E-state index contributed by atoms with van der Waals surface area (Å²) in [4.78, 5) is 36.1. The second-order valence-corrected chi connectivity index (χ2v) is 7.78. The van der Waals surface area contributed by atoms with Crippen molar-refractivity contribution in [1.29, 1.82) is 0 Å². The van der Waals surface area contributed by atoms with Gasteiger partial charge < -0.3 is 15.0 Å². The molecule has 2 N–H and O–H groups in total. The van der Waals surface area contributed by atoms with Crippen LogP contribution in [-0.4, -0.2) is 16.4 Å². The predicted octanol–water partition coefficient (Wildman–Crippen LogP) is 4.69. The van der Waals surface area contributed by atoms with Gasteiger partial charge in [0.25, 0.3) is 5.91 Å². The van der Waals surface area contributed by atoms with Crippen LogP contribution >= 0.6 is 0 Å². The molecule has 0 saturated carbocycles. The van der Waals surface area contributed by atoms with Crippen molar-refractivity contribution < 1.29 is 40.7 Å². The van der Waals surface area contributed by atoms with E-state index >= 15 is 0 Å². The van der Waals surface area contributed by atoms with Crippen molar-refractivity contribution in [3.8, 4) is 0 Å². The van der Waals surface area contributed by atoms with Crippen LogP contribution in [-0.2, 0) is 28.4 Å². The number of pyridine rings is 1. The highest BCUT2D eigenvalue weighted by atomic mass is 19.4. The topological polar surface area (TPSA) is 91.4 Å². The van der Waals surface area contributed by atoms with Crippen LogP contribution in [0.15, 0.2) is 65.6 Å². The fourth-order valence-electron chi connectivity index (χ4n) is 3.54. The smallest absolute Gasteiger partial charge is 0.416 e. The van der Waals surface area contributed by atoms with Crippen LogP contribution in [0.2, 0.25) is 0 Å². The summed E-state index contributed by atoms with van der Waals surface area (Å²) in [5, 5.41) is 0. The molecular formula is C24H18F6N2O4. The first-order chi connectivity index (χ1) is 16.7. The van der Waals surface area contributed by atoms with E-state index in [-0.39, 0.29) is 11.8 Å².